The highest BCUT2D eigenvalue weighted by molar-refractivity contribution is 5.95. The van der Waals surface area contributed by atoms with Crippen LogP contribution in [0.4, 0.5) is 5.95 Å². The van der Waals surface area contributed by atoms with Gasteiger partial charge in [-0.05, 0) is 24.3 Å². The summed E-state index contributed by atoms with van der Waals surface area (Å²) >= 11 is 0. The van der Waals surface area contributed by atoms with Crippen molar-refractivity contribution in [1.82, 2.24) is 15.0 Å². The Morgan fingerprint density at radius 2 is 1.85 bits per heavy atom. The molecule has 0 radical (unpaired) electrons. The molecule has 2 aromatic carbocycles. The third kappa shape index (κ3) is 1.62. The number of benzene rings is 2. The number of H-pyrrole nitrogens is 1. The first-order chi connectivity index (χ1) is 9.81. The predicted octanol–water partition coefficient (Wildman–Crippen LogP) is 3.36. The standard InChI is InChI=1S/C16H12N4/c17-16-19-14-4-2-1-3-12(14)15(20-16)11-5-6-13-10(9-11)7-8-18-13/h1-9,18H,(H2,17,19,20). The molecule has 4 nitrogen and oxygen atoms in total. The van der Waals surface area contributed by atoms with Crippen LogP contribution in [0.3, 0.4) is 0 Å². The first kappa shape index (κ1) is 11.0. The molecule has 0 unspecified atom stereocenters. The number of nitrogens with one attached hydrogen (secondary N) is 1. The summed E-state index contributed by atoms with van der Waals surface area (Å²) in [6.07, 6.45) is 1.93. The maximum atomic E-state index is 5.83. The maximum absolute atomic E-state index is 5.83. The molecule has 0 spiro atoms. The molecule has 0 atom stereocenters. The number of nitrogens with two attached hydrogens (primary N) is 1. The van der Waals surface area contributed by atoms with Crippen LogP contribution in [0, 0.1) is 0 Å². The third-order valence-electron chi connectivity index (χ3n) is 3.45. The summed E-state index contributed by atoms with van der Waals surface area (Å²) in [6.45, 7) is 0. The van der Waals surface area contributed by atoms with E-state index in [1.54, 1.807) is 0 Å². The lowest BCUT2D eigenvalue weighted by atomic mass is 10.0. The molecule has 2 heterocycles. The van der Waals surface area contributed by atoms with Crippen LogP contribution in [0.5, 0.6) is 0 Å². The van der Waals surface area contributed by atoms with Crippen LogP contribution in [0.2, 0.25) is 0 Å². The van der Waals surface area contributed by atoms with Crippen molar-refractivity contribution < 1.29 is 0 Å². The number of nitrogens with zero attached hydrogens (tertiary/aromatic N) is 2. The summed E-state index contributed by atoms with van der Waals surface area (Å²) in [7, 11) is 0. The monoisotopic (exact) mass is 260 g/mol. The minimum Gasteiger partial charge on any atom is -0.368 e. The molecule has 0 aliphatic rings. The number of anilines is 1. The van der Waals surface area contributed by atoms with Crippen molar-refractivity contribution in [3.05, 3.63) is 54.7 Å². The maximum Gasteiger partial charge on any atom is 0.221 e. The first-order valence-corrected chi connectivity index (χ1v) is 6.41. The second-order valence-corrected chi connectivity index (χ2v) is 4.73. The van der Waals surface area contributed by atoms with Gasteiger partial charge in [0.1, 0.15) is 0 Å². The predicted molar refractivity (Wildman–Crippen MR) is 81.2 cm³/mol. The Balaban J connectivity index is 2.05. The van der Waals surface area contributed by atoms with Gasteiger partial charge >= 0.3 is 0 Å². The lowest BCUT2D eigenvalue weighted by Gasteiger charge is -2.07. The van der Waals surface area contributed by atoms with Gasteiger partial charge in [0.05, 0.1) is 11.2 Å². The molecule has 96 valence electrons. The highest BCUT2D eigenvalue weighted by Gasteiger charge is 2.08. The van der Waals surface area contributed by atoms with Gasteiger partial charge in [-0.1, -0.05) is 24.3 Å². The zero-order valence-corrected chi connectivity index (χ0v) is 10.7. The molecule has 2 aromatic heterocycles. The molecular formula is C16H12N4. The van der Waals surface area contributed by atoms with Crippen molar-refractivity contribution in [2.24, 2.45) is 0 Å². The molecule has 0 saturated carbocycles. The smallest absolute Gasteiger partial charge is 0.221 e. The zero-order chi connectivity index (χ0) is 13.5. The number of nitrogen functional groups attached to an aromatic ring is 1. The number of hydrogen-bond acceptors (Lipinski definition) is 3. The van der Waals surface area contributed by atoms with Gasteiger partial charge in [0.25, 0.3) is 0 Å². The van der Waals surface area contributed by atoms with Gasteiger partial charge < -0.3 is 10.7 Å². The molecule has 0 aliphatic heterocycles. The first-order valence-electron chi connectivity index (χ1n) is 6.41. The minimum atomic E-state index is 0.299. The van der Waals surface area contributed by atoms with Crippen LogP contribution < -0.4 is 5.73 Å². The van der Waals surface area contributed by atoms with Gasteiger partial charge in [-0.15, -0.1) is 0 Å². The summed E-state index contributed by atoms with van der Waals surface area (Å²) in [6, 6.07) is 16.2. The second-order valence-electron chi connectivity index (χ2n) is 4.73. The van der Waals surface area contributed by atoms with E-state index in [2.05, 4.69) is 27.1 Å². The van der Waals surface area contributed by atoms with Crippen molar-refractivity contribution in [2.75, 3.05) is 5.73 Å². The molecule has 20 heavy (non-hydrogen) atoms. The van der Waals surface area contributed by atoms with Gasteiger partial charge in [-0.2, -0.15) is 0 Å². The number of aromatic amines is 1. The van der Waals surface area contributed by atoms with Crippen molar-refractivity contribution >= 4 is 27.8 Å². The number of fused-ring (bicyclic) bond motifs is 2. The SMILES string of the molecule is Nc1nc(-c2ccc3[nH]ccc3c2)c2ccccc2n1. The Bertz CT molecular complexity index is 924. The van der Waals surface area contributed by atoms with Crippen LogP contribution in [0.1, 0.15) is 0 Å². The van der Waals surface area contributed by atoms with Crippen LogP contribution >= 0.6 is 0 Å². The van der Waals surface area contributed by atoms with E-state index in [0.29, 0.717) is 5.95 Å². The zero-order valence-electron chi connectivity index (χ0n) is 10.7. The number of rotatable bonds is 1. The quantitative estimate of drug-likeness (QED) is 0.551. The summed E-state index contributed by atoms with van der Waals surface area (Å²) in [4.78, 5) is 11.9. The Morgan fingerprint density at radius 3 is 2.80 bits per heavy atom. The molecule has 0 fully saturated rings. The van der Waals surface area contributed by atoms with E-state index in [9.17, 15) is 0 Å². The highest BCUT2D eigenvalue weighted by atomic mass is 15.0. The summed E-state index contributed by atoms with van der Waals surface area (Å²) in [5.74, 6) is 0.299. The van der Waals surface area contributed by atoms with Crippen molar-refractivity contribution in [3.8, 4) is 11.3 Å². The van der Waals surface area contributed by atoms with Gasteiger partial charge in [-0.25, -0.2) is 9.97 Å². The fraction of sp³-hybridized carbons (Fsp3) is 0. The van der Waals surface area contributed by atoms with E-state index < -0.39 is 0 Å². The van der Waals surface area contributed by atoms with Gasteiger partial charge in [0.2, 0.25) is 5.95 Å². The lowest BCUT2D eigenvalue weighted by Crippen LogP contribution is -1.97. The molecule has 4 rings (SSSR count). The fourth-order valence-electron chi connectivity index (χ4n) is 2.52. The molecule has 0 saturated heterocycles. The van der Waals surface area contributed by atoms with E-state index in [0.717, 1.165) is 33.1 Å². The molecule has 4 aromatic rings. The van der Waals surface area contributed by atoms with Crippen molar-refractivity contribution in [2.45, 2.75) is 0 Å². The summed E-state index contributed by atoms with van der Waals surface area (Å²) in [5.41, 5.74) is 9.72. The molecule has 3 N–H and O–H groups in total. The Kier molecular flexibility index (Phi) is 2.23. The van der Waals surface area contributed by atoms with Crippen molar-refractivity contribution in [3.63, 3.8) is 0 Å². The normalized spacial score (nSPS) is 11.2. The Morgan fingerprint density at radius 1 is 0.950 bits per heavy atom. The highest BCUT2D eigenvalue weighted by Crippen LogP contribution is 2.28. The van der Waals surface area contributed by atoms with E-state index >= 15 is 0 Å². The fourth-order valence-corrected chi connectivity index (χ4v) is 2.52. The number of para-hydroxylation sites is 1. The minimum absolute atomic E-state index is 0.299. The third-order valence-corrected chi connectivity index (χ3v) is 3.45. The van der Waals surface area contributed by atoms with Gasteiger partial charge in [0, 0.05) is 28.0 Å². The largest absolute Gasteiger partial charge is 0.368 e. The molecule has 0 aliphatic carbocycles. The van der Waals surface area contributed by atoms with E-state index in [4.69, 9.17) is 5.73 Å². The summed E-state index contributed by atoms with van der Waals surface area (Å²) in [5, 5.41) is 2.17. The average molecular weight is 260 g/mol. The van der Waals surface area contributed by atoms with E-state index in [1.807, 2.05) is 42.6 Å². The Hall–Kier alpha value is -2.88. The van der Waals surface area contributed by atoms with E-state index in [1.165, 1.54) is 0 Å². The molecule has 0 bridgehead atoms. The summed E-state index contributed by atoms with van der Waals surface area (Å²) < 4.78 is 0. The Labute approximate surface area is 115 Å². The van der Waals surface area contributed by atoms with Crippen LogP contribution in [-0.4, -0.2) is 15.0 Å². The topological polar surface area (TPSA) is 67.6 Å². The average Bonchev–Trinajstić information content (AvgIpc) is 2.93. The van der Waals surface area contributed by atoms with Crippen molar-refractivity contribution in [1.29, 1.82) is 0 Å². The van der Waals surface area contributed by atoms with Gasteiger partial charge in [0.15, 0.2) is 0 Å². The van der Waals surface area contributed by atoms with E-state index in [-0.39, 0.29) is 0 Å². The molecular weight excluding hydrogens is 248 g/mol. The van der Waals surface area contributed by atoms with Crippen LogP contribution in [0.25, 0.3) is 33.1 Å². The van der Waals surface area contributed by atoms with Gasteiger partial charge in [-0.3, -0.25) is 0 Å². The second kappa shape index (κ2) is 4.06. The van der Waals surface area contributed by atoms with Crippen LogP contribution in [0.15, 0.2) is 54.7 Å². The molecule has 0 amide bonds. The molecule has 4 heteroatoms. The lowest BCUT2D eigenvalue weighted by molar-refractivity contribution is 1.24. The van der Waals surface area contributed by atoms with Crippen LogP contribution in [-0.2, 0) is 0 Å². The number of hydrogen-bond donors (Lipinski definition) is 2. The number of aromatic nitrogens is 3.